The van der Waals surface area contributed by atoms with Gasteiger partial charge in [-0.1, -0.05) is 12.1 Å². The molecule has 28 heavy (non-hydrogen) atoms. The van der Waals surface area contributed by atoms with E-state index >= 15 is 0 Å². The van der Waals surface area contributed by atoms with E-state index in [1.807, 2.05) is 43.3 Å². The summed E-state index contributed by atoms with van der Waals surface area (Å²) >= 11 is 0. The summed E-state index contributed by atoms with van der Waals surface area (Å²) in [6.07, 6.45) is 1.49. The number of benzene rings is 2. The summed E-state index contributed by atoms with van der Waals surface area (Å²) in [5.41, 5.74) is 2.61. The summed E-state index contributed by atoms with van der Waals surface area (Å²) in [6, 6.07) is 16.6. The standard InChI is InChI=1S/C21H21FN4O2/c1-26(2)18-5-3-4-15(12-18)13-24-21(27)25-17-8-11-20(23-14-17)28-19-9-6-16(22)7-10-19/h3-12,14H,13H2,1-2H3,(H2,24,25,27). The van der Waals surface area contributed by atoms with Crippen LogP contribution in [-0.4, -0.2) is 25.1 Å². The molecule has 1 heterocycles. The Labute approximate surface area is 163 Å². The van der Waals surface area contributed by atoms with Gasteiger partial charge in [0.25, 0.3) is 0 Å². The Kier molecular flexibility index (Phi) is 6.06. The lowest BCUT2D eigenvalue weighted by Crippen LogP contribution is -2.28. The van der Waals surface area contributed by atoms with E-state index in [-0.39, 0.29) is 11.8 Å². The Bertz CT molecular complexity index is 928. The minimum Gasteiger partial charge on any atom is -0.439 e. The van der Waals surface area contributed by atoms with Crippen LogP contribution in [-0.2, 0) is 6.54 Å². The van der Waals surface area contributed by atoms with Crippen LogP contribution in [0.2, 0.25) is 0 Å². The van der Waals surface area contributed by atoms with Gasteiger partial charge in [-0.3, -0.25) is 0 Å². The SMILES string of the molecule is CN(C)c1cccc(CNC(=O)Nc2ccc(Oc3ccc(F)cc3)nc2)c1. The quantitative estimate of drug-likeness (QED) is 0.665. The van der Waals surface area contributed by atoms with E-state index in [1.165, 1.54) is 30.5 Å². The summed E-state index contributed by atoms with van der Waals surface area (Å²) in [5, 5.41) is 5.53. The minimum absolute atomic E-state index is 0.329. The average Bonchev–Trinajstić information content (AvgIpc) is 2.70. The van der Waals surface area contributed by atoms with Crippen molar-refractivity contribution in [3.05, 3.63) is 78.2 Å². The number of hydrogen-bond donors (Lipinski definition) is 2. The number of amides is 2. The van der Waals surface area contributed by atoms with Gasteiger partial charge in [-0.2, -0.15) is 0 Å². The molecule has 0 bridgehead atoms. The molecule has 0 saturated heterocycles. The Morgan fingerprint density at radius 1 is 1.11 bits per heavy atom. The second-order valence-electron chi connectivity index (χ2n) is 6.31. The highest BCUT2D eigenvalue weighted by Gasteiger charge is 2.05. The molecule has 0 spiro atoms. The van der Waals surface area contributed by atoms with E-state index in [9.17, 15) is 9.18 Å². The third-order valence-corrected chi connectivity index (χ3v) is 3.91. The molecular weight excluding hydrogens is 359 g/mol. The van der Waals surface area contributed by atoms with E-state index in [0.29, 0.717) is 23.9 Å². The van der Waals surface area contributed by atoms with Crippen LogP contribution in [0.4, 0.5) is 20.6 Å². The van der Waals surface area contributed by atoms with E-state index in [1.54, 1.807) is 12.1 Å². The van der Waals surface area contributed by atoms with Gasteiger partial charge in [0.15, 0.2) is 0 Å². The summed E-state index contributed by atoms with van der Waals surface area (Å²) in [7, 11) is 3.94. The molecule has 144 valence electrons. The second-order valence-corrected chi connectivity index (χ2v) is 6.31. The van der Waals surface area contributed by atoms with Gasteiger partial charge in [-0.25, -0.2) is 14.2 Å². The van der Waals surface area contributed by atoms with Crippen LogP contribution in [0.3, 0.4) is 0 Å². The molecule has 0 saturated carbocycles. The van der Waals surface area contributed by atoms with Crippen LogP contribution in [0.5, 0.6) is 11.6 Å². The Morgan fingerprint density at radius 3 is 2.57 bits per heavy atom. The van der Waals surface area contributed by atoms with Crippen molar-refractivity contribution in [3.63, 3.8) is 0 Å². The number of ether oxygens (including phenoxy) is 1. The molecule has 3 rings (SSSR count). The van der Waals surface area contributed by atoms with Crippen LogP contribution in [0.1, 0.15) is 5.56 Å². The number of pyridine rings is 1. The van der Waals surface area contributed by atoms with Crippen molar-refractivity contribution in [2.24, 2.45) is 0 Å². The number of rotatable bonds is 6. The summed E-state index contributed by atoms with van der Waals surface area (Å²) < 4.78 is 18.4. The number of aromatic nitrogens is 1. The van der Waals surface area contributed by atoms with Crippen LogP contribution in [0.25, 0.3) is 0 Å². The fraction of sp³-hybridized carbons (Fsp3) is 0.143. The molecule has 2 N–H and O–H groups in total. The molecule has 2 amide bonds. The Balaban J connectivity index is 1.51. The lowest BCUT2D eigenvalue weighted by molar-refractivity contribution is 0.251. The average molecular weight is 380 g/mol. The summed E-state index contributed by atoms with van der Waals surface area (Å²) in [6.45, 7) is 0.409. The number of carbonyl (C=O) groups is 1. The molecule has 3 aromatic rings. The third-order valence-electron chi connectivity index (χ3n) is 3.91. The fourth-order valence-corrected chi connectivity index (χ4v) is 2.44. The zero-order valence-electron chi connectivity index (χ0n) is 15.6. The Hall–Kier alpha value is -3.61. The van der Waals surface area contributed by atoms with Crippen molar-refractivity contribution >= 4 is 17.4 Å². The molecule has 0 aliphatic rings. The summed E-state index contributed by atoms with van der Waals surface area (Å²) in [5.74, 6) is 0.490. The van der Waals surface area contributed by atoms with Gasteiger partial charge in [0.1, 0.15) is 11.6 Å². The van der Waals surface area contributed by atoms with Crippen molar-refractivity contribution in [1.82, 2.24) is 10.3 Å². The largest absolute Gasteiger partial charge is 0.439 e. The first kappa shape index (κ1) is 19.2. The lowest BCUT2D eigenvalue weighted by Gasteiger charge is -2.14. The molecule has 0 radical (unpaired) electrons. The number of carbonyl (C=O) groups excluding carboxylic acids is 1. The first-order valence-corrected chi connectivity index (χ1v) is 8.70. The number of hydrogen-bond acceptors (Lipinski definition) is 4. The normalized spacial score (nSPS) is 10.2. The van der Waals surface area contributed by atoms with E-state index in [4.69, 9.17) is 4.74 Å². The highest BCUT2D eigenvalue weighted by molar-refractivity contribution is 5.89. The molecule has 0 atom stereocenters. The highest BCUT2D eigenvalue weighted by atomic mass is 19.1. The van der Waals surface area contributed by atoms with Gasteiger partial charge < -0.3 is 20.3 Å². The molecule has 0 unspecified atom stereocenters. The molecular formula is C21H21FN4O2. The molecule has 1 aromatic heterocycles. The van der Waals surface area contributed by atoms with Crippen molar-refractivity contribution in [2.75, 3.05) is 24.3 Å². The van der Waals surface area contributed by atoms with Gasteiger partial charge in [-0.05, 0) is 48.0 Å². The van der Waals surface area contributed by atoms with Crippen molar-refractivity contribution in [3.8, 4) is 11.6 Å². The number of urea groups is 1. The van der Waals surface area contributed by atoms with Gasteiger partial charge in [-0.15, -0.1) is 0 Å². The van der Waals surface area contributed by atoms with Crippen molar-refractivity contribution in [2.45, 2.75) is 6.54 Å². The first-order valence-electron chi connectivity index (χ1n) is 8.70. The summed E-state index contributed by atoms with van der Waals surface area (Å²) in [4.78, 5) is 18.2. The van der Waals surface area contributed by atoms with Crippen LogP contribution in [0.15, 0.2) is 66.9 Å². The minimum atomic E-state index is -0.334. The van der Waals surface area contributed by atoms with Gasteiger partial charge in [0.2, 0.25) is 5.88 Å². The Morgan fingerprint density at radius 2 is 1.89 bits per heavy atom. The zero-order chi connectivity index (χ0) is 19.9. The maximum Gasteiger partial charge on any atom is 0.319 e. The van der Waals surface area contributed by atoms with E-state index in [0.717, 1.165) is 11.3 Å². The fourth-order valence-electron chi connectivity index (χ4n) is 2.44. The second kappa shape index (κ2) is 8.85. The number of nitrogens with zero attached hydrogens (tertiary/aromatic N) is 2. The zero-order valence-corrected chi connectivity index (χ0v) is 15.6. The molecule has 6 nitrogen and oxygen atoms in total. The van der Waals surface area contributed by atoms with Gasteiger partial charge >= 0.3 is 6.03 Å². The van der Waals surface area contributed by atoms with Crippen LogP contribution in [0, 0.1) is 5.82 Å². The van der Waals surface area contributed by atoms with Gasteiger partial charge in [0.05, 0.1) is 11.9 Å². The molecule has 7 heteroatoms. The van der Waals surface area contributed by atoms with Crippen molar-refractivity contribution < 1.29 is 13.9 Å². The monoisotopic (exact) mass is 380 g/mol. The first-order chi connectivity index (χ1) is 13.5. The van der Waals surface area contributed by atoms with Crippen molar-refractivity contribution in [1.29, 1.82) is 0 Å². The number of anilines is 2. The number of nitrogens with one attached hydrogen (secondary N) is 2. The lowest BCUT2D eigenvalue weighted by atomic mass is 10.2. The van der Waals surface area contributed by atoms with E-state index in [2.05, 4.69) is 15.6 Å². The smallest absolute Gasteiger partial charge is 0.319 e. The third kappa shape index (κ3) is 5.44. The predicted octanol–water partition coefficient (Wildman–Crippen LogP) is 4.40. The molecule has 2 aromatic carbocycles. The van der Waals surface area contributed by atoms with Crippen LogP contribution >= 0.6 is 0 Å². The molecule has 0 aliphatic carbocycles. The van der Waals surface area contributed by atoms with E-state index < -0.39 is 0 Å². The van der Waals surface area contributed by atoms with Gasteiger partial charge in [0, 0.05) is 32.4 Å². The highest BCUT2D eigenvalue weighted by Crippen LogP contribution is 2.20. The maximum atomic E-state index is 12.9. The number of halogens is 1. The molecule has 0 aliphatic heterocycles. The van der Waals surface area contributed by atoms with Crippen LogP contribution < -0.4 is 20.3 Å². The maximum absolute atomic E-state index is 12.9. The molecule has 0 fully saturated rings. The predicted molar refractivity (Wildman–Crippen MR) is 107 cm³/mol. The topological polar surface area (TPSA) is 66.5 Å².